The Morgan fingerprint density at radius 2 is 1.59 bits per heavy atom. The normalized spacial score (nSPS) is 10.0. The fourth-order valence-electron chi connectivity index (χ4n) is 2.22. The predicted octanol–water partition coefficient (Wildman–Crippen LogP) is 2.45. The van der Waals surface area contributed by atoms with E-state index >= 15 is 0 Å². The summed E-state index contributed by atoms with van der Waals surface area (Å²) in [6.07, 6.45) is 0. The van der Waals surface area contributed by atoms with E-state index in [9.17, 15) is 9.59 Å². The zero-order chi connectivity index (χ0) is 19.5. The lowest BCUT2D eigenvalue weighted by Crippen LogP contribution is -2.32. The number of benzene rings is 2. The Morgan fingerprint density at radius 1 is 0.926 bits per heavy atom. The molecular formula is C20H23NO6. The lowest BCUT2D eigenvalue weighted by molar-refractivity contribution is -0.123. The molecule has 0 fully saturated rings. The van der Waals surface area contributed by atoms with Crippen molar-refractivity contribution in [2.45, 2.75) is 6.92 Å². The van der Waals surface area contributed by atoms with E-state index in [1.807, 2.05) is 19.1 Å². The van der Waals surface area contributed by atoms with E-state index in [0.29, 0.717) is 31.3 Å². The average Bonchev–Trinajstić information content (AvgIpc) is 2.70. The molecule has 7 nitrogen and oxygen atoms in total. The number of esters is 1. The van der Waals surface area contributed by atoms with Gasteiger partial charge in [-0.05, 0) is 43.3 Å². The molecule has 0 saturated heterocycles. The Morgan fingerprint density at radius 3 is 2.26 bits per heavy atom. The summed E-state index contributed by atoms with van der Waals surface area (Å²) >= 11 is 0. The topological polar surface area (TPSA) is 83.1 Å². The summed E-state index contributed by atoms with van der Waals surface area (Å²) in [5, 5.41) is 2.69. The van der Waals surface area contributed by atoms with Gasteiger partial charge in [-0.25, -0.2) is 4.79 Å². The van der Waals surface area contributed by atoms with Gasteiger partial charge in [0.15, 0.2) is 6.61 Å². The second-order valence-electron chi connectivity index (χ2n) is 5.38. The predicted molar refractivity (Wildman–Crippen MR) is 99.4 cm³/mol. The van der Waals surface area contributed by atoms with Crippen LogP contribution in [0.15, 0.2) is 48.5 Å². The number of rotatable bonds is 10. The number of carbonyl (C=O) groups is 2. The van der Waals surface area contributed by atoms with Crippen LogP contribution in [-0.4, -0.2) is 45.4 Å². The van der Waals surface area contributed by atoms with Gasteiger partial charge in [-0.2, -0.15) is 0 Å². The summed E-state index contributed by atoms with van der Waals surface area (Å²) in [7, 11) is 1.29. The largest absolute Gasteiger partial charge is 0.494 e. The summed E-state index contributed by atoms with van der Waals surface area (Å²) in [4.78, 5) is 23.5. The molecule has 0 radical (unpaired) electrons. The molecule has 0 saturated carbocycles. The average molecular weight is 373 g/mol. The van der Waals surface area contributed by atoms with Gasteiger partial charge in [-0.15, -0.1) is 0 Å². The molecule has 0 aliphatic carbocycles. The molecule has 0 heterocycles. The van der Waals surface area contributed by atoms with Gasteiger partial charge in [0.1, 0.15) is 29.4 Å². The molecule has 7 heteroatoms. The second kappa shape index (κ2) is 10.7. The quantitative estimate of drug-likeness (QED) is 0.509. The highest BCUT2D eigenvalue weighted by Crippen LogP contribution is 2.19. The number of nitrogens with one attached hydrogen (secondary N) is 1. The fourth-order valence-corrected chi connectivity index (χ4v) is 2.22. The van der Waals surface area contributed by atoms with Crippen molar-refractivity contribution in [3.8, 4) is 17.2 Å². The van der Waals surface area contributed by atoms with Gasteiger partial charge in [0, 0.05) is 0 Å². The van der Waals surface area contributed by atoms with Crippen LogP contribution in [0.2, 0.25) is 0 Å². The van der Waals surface area contributed by atoms with E-state index in [2.05, 4.69) is 10.1 Å². The van der Waals surface area contributed by atoms with Gasteiger partial charge in [-0.3, -0.25) is 4.79 Å². The molecule has 0 spiro atoms. The van der Waals surface area contributed by atoms with Crippen molar-refractivity contribution in [1.29, 1.82) is 0 Å². The number of methoxy groups -OCH3 is 1. The van der Waals surface area contributed by atoms with Crippen molar-refractivity contribution < 1.29 is 28.5 Å². The van der Waals surface area contributed by atoms with Crippen molar-refractivity contribution in [1.82, 2.24) is 5.32 Å². The zero-order valence-electron chi connectivity index (χ0n) is 15.4. The number of amides is 1. The summed E-state index contributed by atoms with van der Waals surface area (Å²) in [6, 6.07) is 13.8. The van der Waals surface area contributed by atoms with Crippen molar-refractivity contribution in [3.63, 3.8) is 0 Å². The third-order valence-corrected chi connectivity index (χ3v) is 3.48. The van der Waals surface area contributed by atoms with E-state index in [-0.39, 0.29) is 18.1 Å². The lowest BCUT2D eigenvalue weighted by atomic mass is 10.2. The first-order valence-corrected chi connectivity index (χ1v) is 8.56. The molecule has 2 aromatic rings. The Hall–Kier alpha value is -3.22. The molecule has 0 atom stereocenters. The molecule has 2 rings (SSSR count). The van der Waals surface area contributed by atoms with Crippen molar-refractivity contribution >= 4 is 11.9 Å². The smallest absolute Gasteiger partial charge is 0.341 e. The number of carbonyl (C=O) groups excluding carboxylic acids is 2. The standard InChI is InChI=1S/C20H23NO6/c1-3-25-15-8-10-16(11-9-15)26-13-12-21-19(22)14-27-18-7-5-4-6-17(18)20(23)24-2/h4-11H,3,12-14H2,1-2H3,(H,21,22). The number of hydrogen-bond acceptors (Lipinski definition) is 6. The van der Waals surface area contributed by atoms with Gasteiger partial charge >= 0.3 is 5.97 Å². The van der Waals surface area contributed by atoms with Crippen LogP contribution in [0.3, 0.4) is 0 Å². The van der Waals surface area contributed by atoms with Crippen LogP contribution in [0.4, 0.5) is 0 Å². The number of para-hydroxylation sites is 1. The van der Waals surface area contributed by atoms with Crippen molar-refractivity contribution in [3.05, 3.63) is 54.1 Å². The molecule has 144 valence electrons. The van der Waals surface area contributed by atoms with Crippen LogP contribution >= 0.6 is 0 Å². The summed E-state index contributed by atoms with van der Waals surface area (Å²) in [5.41, 5.74) is 0.270. The zero-order valence-corrected chi connectivity index (χ0v) is 15.4. The van der Waals surface area contributed by atoms with Crippen LogP contribution in [0.5, 0.6) is 17.2 Å². The van der Waals surface area contributed by atoms with Crippen LogP contribution in [0.1, 0.15) is 17.3 Å². The fraction of sp³-hybridized carbons (Fsp3) is 0.300. The Kier molecular flexibility index (Phi) is 7.96. The molecule has 0 aromatic heterocycles. The highest BCUT2D eigenvalue weighted by molar-refractivity contribution is 5.92. The maximum atomic E-state index is 11.9. The minimum Gasteiger partial charge on any atom is -0.494 e. The third kappa shape index (κ3) is 6.54. The van der Waals surface area contributed by atoms with Crippen molar-refractivity contribution in [2.75, 3.05) is 33.5 Å². The van der Waals surface area contributed by atoms with Crippen LogP contribution in [0, 0.1) is 0 Å². The molecular weight excluding hydrogens is 350 g/mol. The molecule has 0 bridgehead atoms. The van der Waals surface area contributed by atoms with Crippen LogP contribution in [0.25, 0.3) is 0 Å². The van der Waals surface area contributed by atoms with Crippen LogP contribution < -0.4 is 19.5 Å². The van der Waals surface area contributed by atoms with E-state index in [1.54, 1.807) is 36.4 Å². The second-order valence-corrected chi connectivity index (χ2v) is 5.38. The highest BCUT2D eigenvalue weighted by atomic mass is 16.5. The van der Waals surface area contributed by atoms with Gasteiger partial charge in [-0.1, -0.05) is 12.1 Å². The maximum Gasteiger partial charge on any atom is 0.341 e. The van der Waals surface area contributed by atoms with E-state index in [0.717, 1.165) is 5.75 Å². The molecule has 1 N–H and O–H groups in total. The molecule has 0 aliphatic heterocycles. The monoisotopic (exact) mass is 373 g/mol. The molecule has 27 heavy (non-hydrogen) atoms. The first kappa shape index (κ1) is 20.1. The summed E-state index contributed by atoms with van der Waals surface area (Å²) in [5.74, 6) is 0.934. The van der Waals surface area contributed by atoms with Crippen LogP contribution in [-0.2, 0) is 9.53 Å². The summed E-state index contributed by atoms with van der Waals surface area (Å²) < 4.78 is 21.0. The maximum absolute atomic E-state index is 11.9. The molecule has 1 amide bonds. The third-order valence-electron chi connectivity index (χ3n) is 3.48. The lowest BCUT2D eigenvalue weighted by Gasteiger charge is -2.11. The van der Waals surface area contributed by atoms with Gasteiger partial charge in [0.2, 0.25) is 0 Å². The SMILES string of the molecule is CCOc1ccc(OCCNC(=O)COc2ccccc2C(=O)OC)cc1. The Labute approximate surface area is 158 Å². The molecule has 2 aromatic carbocycles. The van der Waals surface area contributed by atoms with Gasteiger partial charge < -0.3 is 24.3 Å². The summed E-state index contributed by atoms with van der Waals surface area (Å²) in [6.45, 7) is 2.97. The highest BCUT2D eigenvalue weighted by Gasteiger charge is 2.13. The van der Waals surface area contributed by atoms with E-state index < -0.39 is 5.97 Å². The van der Waals surface area contributed by atoms with Gasteiger partial charge in [0.25, 0.3) is 5.91 Å². The number of hydrogen-bond donors (Lipinski definition) is 1. The minimum absolute atomic E-state index is 0.211. The van der Waals surface area contributed by atoms with Gasteiger partial charge in [0.05, 0.1) is 20.3 Å². The molecule has 0 unspecified atom stereocenters. The minimum atomic E-state index is -0.519. The first-order valence-electron chi connectivity index (χ1n) is 8.56. The molecule has 0 aliphatic rings. The van der Waals surface area contributed by atoms with E-state index in [4.69, 9.17) is 14.2 Å². The number of ether oxygens (including phenoxy) is 4. The van der Waals surface area contributed by atoms with Crippen molar-refractivity contribution in [2.24, 2.45) is 0 Å². The first-order chi connectivity index (χ1) is 13.1. The Bertz CT molecular complexity index is 744. The van der Waals surface area contributed by atoms with E-state index in [1.165, 1.54) is 7.11 Å². The Balaban J connectivity index is 1.70.